The molecule has 31 heavy (non-hydrogen) atoms. The van der Waals surface area contributed by atoms with Crippen LogP contribution in [0.15, 0.2) is 35.7 Å². The maximum Gasteiger partial charge on any atom is 0.243 e. The minimum atomic E-state index is -0.131. The van der Waals surface area contributed by atoms with Gasteiger partial charge >= 0.3 is 0 Å². The minimum Gasteiger partial charge on any atom is -0.331 e. The zero-order valence-electron chi connectivity index (χ0n) is 18.8. The van der Waals surface area contributed by atoms with Crippen molar-refractivity contribution in [3.05, 3.63) is 56.7 Å². The Balaban J connectivity index is 1.83. The number of fused-ring (bicyclic) bond motifs is 1. The molecule has 4 nitrogen and oxygen atoms in total. The number of thiophene rings is 1. The van der Waals surface area contributed by atoms with Crippen molar-refractivity contribution in [1.29, 1.82) is 0 Å². The molecule has 6 heteroatoms. The highest BCUT2D eigenvalue weighted by Crippen LogP contribution is 2.38. The molecule has 0 radical (unpaired) electrons. The summed E-state index contributed by atoms with van der Waals surface area (Å²) < 4.78 is 0. The van der Waals surface area contributed by atoms with Crippen LogP contribution in [0, 0.1) is 0 Å². The second-order valence-corrected chi connectivity index (χ2v) is 9.76. The summed E-state index contributed by atoms with van der Waals surface area (Å²) in [4.78, 5) is 31.6. The lowest BCUT2D eigenvalue weighted by Gasteiger charge is -2.38. The van der Waals surface area contributed by atoms with E-state index in [1.165, 1.54) is 10.4 Å². The normalized spacial score (nSPS) is 16.6. The van der Waals surface area contributed by atoms with E-state index in [2.05, 4.69) is 25.3 Å². The van der Waals surface area contributed by atoms with Crippen LogP contribution in [0.25, 0.3) is 0 Å². The van der Waals surface area contributed by atoms with Gasteiger partial charge in [0.25, 0.3) is 0 Å². The molecular formula is C25H33ClN2O2S. The number of rotatable bonds is 9. The van der Waals surface area contributed by atoms with Gasteiger partial charge in [-0.15, -0.1) is 11.3 Å². The number of unbranched alkanes of at least 4 members (excludes halogenated alkanes) is 2. The van der Waals surface area contributed by atoms with Crippen molar-refractivity contribution >= 4 is 34.8 Å². The third kappa shape index (κ3) is 5.69. The van der Waals surface area contributed by atoms with Crippen molar-refractivity contribution in [3.63, 3.8) is 0 Å². The van der Waals surface area contributed by atoms with Gasteiger partial charge < -0.3 is 9.80 Å². The van der Waals surface area contributed by atoms with Crippen molar-refractivity contribution in [2.75, 3.05) is 13.1 Å². The molecule has 0 aliphatic carbocycles. The number of halogens is 1. The van der Waals surface area contributed by atoms with Gasteiger partial charge in [-0.25, -0.2) is 0 Å². The van der Waals surface area contributed by atoms with Gasteiger partial charge in [-0.3, -0.25) is 9.59 Å². The smallest absolute Gasteiger partial charge is 0.243 e. The summed E-state index contributed by atoms with van der Waals surface area (Å²) in [6, 6.07) is 9.81. The van der Waals surface area contributed by atoms with E-state index in [1.807, 2.05) is 36.1 Å². The van der Waals surface area contributed by atoms with Gasteiger partial charge in [0.05, 0.1) is 6.04 Å². The van der Waals surface area contributed by atoms with E-state index in [0.29, 0.717) is 18.0 Å². The Bertz CT molecular complexity index is 880. The predicted molar refractivity (Wildman–Crippen MR) is 129 cm³/mol. The number of benzene rings is 1. The van der Waals surface area contributed by atoms with Crippen LogP contribution in [-0.2, 0) is 16.0 Å². The van der Waals surface area contributed by atoms with Crippen LogP contribution in [-0.4, -0.2) is 40.7 Å². The largest absolute Gasteiger partial charge is 0.331 e. The first-order valence-corrected chi connectivity index (χ1v) is 12.6. The average Bonchev–Trinajstić information content (AvgIpc) is 3.25. The number of carbonyl (C=O) groups excluding carboxylic acids is 2. The van der Waals surface area contributed by atoms with Crippen LogP contribution < -0.4 is 0 Å². The van der Waals surface area contributed by atoms with E-state index in [-0.39, 0.29) is 30.4 Å². The quantitative estimate of drug-likeness (QED) is 0.425. The lowest BCUT2D eigenvalue weighted by molar-refractivity contribution is -0.143. The molecule has 0 saturated heterocycles. The number of nitrogens with zero attached hydrogens (tertiary/aromatic N) is 2. The lowest BCUT2D eigenvalue weighted by Crippen LogP contribution is -2.49. The fourth-order valence-electron chi connectivity index (χ4n) is 4.21. The maximum absolute atomic E-state index is 13.6. The maximum atomic E-state index is 13.6. The van der Waals surface area contributed by atoms with Crippen LogP contribution in [0.5, 0.6) is 0 Å². The summed E-state index contributed by atoms with van der Waals surface area (Å²) in [7, 11) is 0. The molecule has 2 amide bonds. The van der Waals surface area contributed by atoms with E-state index in [0.717, 1.165) is 37.7 Å². The Kier molecular flexibility index (Phi) is 8.56. The van der Waals surface area contributed by atoms with Gasteiger partial charge in [0.1, 0.15) is 6.54 Å². The molecule has 0 spiro atoms. The van der Waals surface area contributed by atoms with E-state index in [1.54, 1.807) is 16.2 Å². The van der Waals surface area contributed by atoms with Crippen LogP contribution >= 0.6 is 22.9 Å². The van der Waals surface area contributed by atoms with Crippen molar-refractivity contribution in [2.24, 2.45) is 0 Å². The van der Waals surface area contributed by atoms with E-state index < -0.39 is 0 Å². The molecule has 0 N–H and O–H groups in total. The third-order valence-electron chi connectivity index (χ3n) is 6.22. The summed E-state index contributed by atoms with van der Waals surface area (Å²) >= 11 is 7.86. The third-order valence-corrected chi connectivity index (χ3v) is 7.46. The minimum absolute atomic E-state index is 0.0148. The summed E-state index contributed by atoms with van der Waals surface area (Å²) in [6.07, 6.45) is 5.21. The highest BCUT2D eigenvalue weighted by Gasteiger charge is 2.34. The van der Waals surface area contributed by atoms with Crippen LogP contribution in [0.4, 0.5) is 0 Å². The molecule has 168 valence electrons. The Morgan fingerprint density at radius 3 is 2.61 bits per heavy atom. The summed E-state index contributed by atoms with van der Waals surface area (Å²) in [5.74, 6) is 0.105. The summed E-state index contributed by atoms with van der Waals surface area (Å²) in [5, 5.41) is 2.79. The first-order valence-electron chi connectivity index (χ1n) is 11.4. The highest BCUT2D eigenvalue weighted by molar-refractivity contribution is 7.10. The zero-order valence-corrected chi connectivity index (χ0v) is 20.3. The molecule has 3 rings (SSSR count). The summed E-state index contributed by atoms with van der Waals surface area (Å²) in [5.41, 5.74) is 2.25. The molecular weight excluding hydrogens is 428 g/mol. The molecule has 2 aromatic rings. The molecule has 1 aromatic carbocycles. The molecule has 0 bridgehead atoms. The van der Waals surface area contributed by atoms with Gasteiger partial charge in [0, 0.05) is 28.9 Å². The van der Waals surface area contributed by atoms with Gasteiger partial charge in [0.2, 0.25) is 11.8 Å². The second kappa shape index (κ2) is 11.1. The first kappa shape index (κ1) is 23.8. The molecule has 2 unspecified atom stereocenters. The highest BCUT2D eigenvalue weighted by atomic mass is 35.5. The van der Waals surface area contributed by atoms with Gasteiger partial charge in [0.15, 0.2) is 0 Å². The molecule has 2 heterocycles. The van der Waals surface area contributed by atoms with Crippen LogP contribution in [0.1, 0.15) is 74.9 Å². The number of amides is 2. The van der Waals surface area contributed by atoms with E-state index >= 15 is 0 Å². The van der Waals surface area contributed by atoms with Crippen LogP contribution in [0.2, 0.25) is 5.02 Å². The fraction of sp³-hybridized carbons (Fsp3) is 0.520. The molecule has 0 fully saturated rings. The van der Waals surface area contributed by atoms with E-state index in [4.69, 9.17) is 11.6 Å². The lowest BCUT2D eigenvalue weighted by atomic mass is 9.93. The van der Waals surface area contributed by atoms with Crippen molar-refractivity contribution in [1.82, 2.24) is 9.80 Å². The molecule has 1 aromatic heterocycles. The van der Waals surface area contributed by atoms with Crippen molar-refractivity contribution in [3.8, 4) is 0 Å². The van der Waals surface area contributed by atoms with Gasteiger partial charge in [-0.1, -0.05) is 50.4 Å². The van der Waals surface area contributed by atoms with Crippen molar-refractivity contribution in [2.45, 2.75) is 71.4 Å². The SMILES string of the molecule is CCCCCC(=O)N(CC(=O)N1CCc2sccc2C1c1ccc(Cl)cc1)C(C)CC. The molecule has 1 aliphatic rings. The Labute approximate surface area is 195 Å². The number of hydrogen-bond donors (Lipinski definition) is 0. The van der Waals surface area contributed by atoms with E-state index in [9.17, 15) is 9.59 Å². The van der Waals surface area contributed by atoms with Gasteiger partial charge in [-0.05, 0) is 60.9 Å². The molecule has 0 saturated carbocycles. The first-order chi connectivity index (χ1) is 15.0. The standard InChI is InChI=1S/C25H33ClN2O2S/c1-4-6-7-8-23(29)28(18(3)5-2)17-24(30)27-15-13-22-21(14-16-31-22)25(27)19-9-11-20(26)12-10-19/h9-12,14,16,18,25H,4-8,13,15,17H2,1-3H3. The Morgan fingerprint density at radius 1 is 1.19 bits per heavy atom. The average molecular weight is 461 g/mol. The topological polar surface area (TPSA) is 40.6 Å². The van der Waals surface area contributed by atoms with Crippen molar-refractivity contribution < 1.29 is 9.59 Å². The van der Waals surface area contributed by atoms with Crippen LogP contribution in [0.3, 0.4) is 0 Å². The summed E-state index contributed by atoms with van der Waals surface area (Å²) in [6.45, 7) is 7.04. The molecule has 1 aliphatic heterocycles. The monoisotopic (exact) mass is 460 g/mol. The fourth-order valence-corrected chi connectivity index (χ4v) is 5.24. The molecule has 2 atom stereocenters. The van der Waals surface area contributed by atoms with Gasteiger partial charge in [-0.2, -0.15) is 0 Å². The number of hydrogen-bond acceptors (Lipinski definition) is 3. The zero-order chi connectivity index (χ0) is 22.4. The number of carbonyl (C=O) groups is 2. The second-order valence-electron chi connectivity index (χ2n) is 8.33. The Hall–Kier alpha value is -1.85. The predicted octanol–water partition coefficient (Wildman–Crippen LogP) is 6.08. The Morgan fingerprint density at radius 2 is 1.94 bits per heavy atom.